The number of fused-ring (bicyclic) bond motifs is 1. The quantitative estimate of drug-likeness (QED) is 0.812. The summed E-state index contributed by atoms with van der Waals surface area (Å²) in [5.41, 5.74) is 0.131. The van der Waals surface area contributed by atoms with Crippen LogP contribution in [0.25, 0.3) is 11.0 Å². The summed E-state index contributed by atoms with van der Waals surface area (Å²) in [6, 6.07) is 4.02. The molecule has 0 aliphatic carbocycles. The first kappa shape index (κ1) is 16.3. The molecule has 0 bridgehead atoms. The average Bonchev–Trinajstić information content (AvgIpc) is 2.40. The summed E-state index contributed by atoms with van der Waals surface area (Å²) in [5.74, 6) is -0.372. The molecule has 6 nitrogen and oxygen atoms in total. The first-order chi connectivity index (χ1) is 10.4. The summed E-state index contributed by atoms with van der Waals surface area (Å²) in [6.07, 6.45) is 0.0383. The van der Waals surface area contributed by atoms with Gasteiger partial charge >= 0.3 is 5.63 Å². The molecule has 118 valence electrons. The first-order valence-corrected chi connectivity index (χ1v) is 7.11. The van der Waals surface area contributed by atoms with E-state index in [1.54, 1.807) is 0 Å². The van der Waals surface area contributed by atoms with Crippen LogP contribution in [0.2, 0.25) is 5.02 Å². The highest BCUT2D eigenvalue weighted by molar-refractivity contribution is 6.32. The Balaban J connectivity index is 2.25. The number of aromatic hydroxyl groups is 1. The van der Waals surface area contributed by atoms with E-state index in [0.717, 1.165) is 6.54 Å². The maximum atomic E-state index is 12.0. The molecule has 22 heavy (non-hydrogen) atoms. The van der Waals surface area contributed by atoms with Gasteiger partial charge in [0.25, 0.3) is 0 Å². The van der Waals surface area contributed by atoms with Gasteiger partial charge in [-0.1, -0.05) is 11.6 Å². The van der Waals surface area contributed by atoms with Crippen LogP contribution in [0.3, 0.4) is 0 Å². The molecule has 0 unspecified atom stereocenters. The summed E-state index contributed by atoms with van der Waals surface area (Å²) in [4.78, 5) is 25.5. The molecule has 0 saturated carbocycles. The highest BCUT2D eigenvalue weighted by Gasteiger charge is 2.12. The van der Waals surface area contributed by atoms with E-state index in [9.17, 15) is 14.7 Å². The monoisotopic (exact) mass is 324 g/mol. The van der Waals surface area contributed by atoms with Gasteiger partial charge in [0.15, 0.2) is 0 Å². The van der Waals surface area contributed by atoms with Crippen molar-refractivity contribution < 1.29 is 14.3 Å². The molecule has 2 N–H and O–H groups in total. The Morgan fingerprint density at radius 3 is 2.77 bits per heavy atom. The number of hydrogen-bond acceptors (Lipinski definition) is 5. The second kappa shape index (κ2) is 6.81. The lowest BCUT2D eigenvalue weighted by Crippen LogP contribution is -2.32. The van der Waals surface area contributed by atoms with Crippen molar-refractivity contribution in [2.45, 2.75) is 6.42 Å². The molecule has 1 amide bonds. The Labute approximate surface area is 132 Å². The first-order valence-electron chi connectivity index (χ1n) is 6.73. The third kappa shape index (κ3) is 3.99. The molecule has 2 rings (SSSR count). The van der Waals surface area contributed by atoms with Gasteiger partial charge in [0.2, 0.25) is 5.91 Å². The Kier molecular flexibility index (Phi) is 5.05. The van der Waals surface area contributed by atoms with Crippen LogP contribution in [0.1, 0.15) is 5.56 Å². The summed E-state index contributed by atoms with van der Waals surface area (Å²) >= 11 is 5.88. The van der Waals surface area contributed by atoms with Gasteiger partial charge in [-0.3, -0.25) is 4.79 Å². The van der Waals surface area contributed by atoms with Crippen molar-refractivity contribution in [3.63, 3.8) is 0 Å². The molecule has 0 fully saturated rings. The van der Waals surface area contributed by atoms with Gasteiger partial charge in [-0.05, 0) is 25.7 Å². The molecule has 2 aromatic rings. The van der Waals surface area contributed by atoms with E-state index in [-0.39, 0.29) is 28.7 Å². The molecular weight excluding hydrogens is 308 g/mol. The lowest BCUT2D eigenvalue weighted by Gasteiger charge is -2.11. The number of phenolic OH excluding ortho intramolecular Hbond substituents is 1. The van der Waals surface area contributed by atoms with Crippen molar-refractivity contribution in [1.82, 2.24) is 10.2 Å². The zero-order chi connectivity index (χ0) is 16.3. The second-order valence-corrected chi connectivity index (χ2v) is 5.63. The van der Waals surface area contributed by atoms with Crippen LogP contribution in [-0.2, 0) is 11.2 Å². The Bertz CT molecular complexity index is 755. The van der Waals surface area contributed by atoms with Crippen molar-refractivity contribution in [3.8, 4) is 5.75 Å². The van der Waals surface area contributed by atoms with Crippen LogP contribution in [0.15, 0.2) is 27.4 Å². The number of hydrogen-bond donors (Lipinski definition) is 2. The second-order valence-electron chi connectivity index (χ2n) is 5.22. The molecule has 1 heterocycles. The van der Waals surface area contributed by atoms with E-state index >= 15 is 0 Å². The van der Waals surface area contributed by atoms with Crippen molar-refractivity contribution >= 4 is 28.5 Å². The third-order valence-corrected chi connectivity index (χ3v) is 3.43. The van der Waals surface area contributed by atoms with Gasteiger partial charge in [-0.25, -0.2) is 4.79 Å². The molecule has 7 heteroatoms. The van der Waals surface area contributed by atoms with Crippen LogP contribution in [0.5, 0.6) is 5.75 Å². The van der Waals surface area contributed by atoms with Crippen LogP contribution in [0, 0.1) is 0 Å². The average molecular weight is 325 g/mol. The number of benzene rings is 1. The van der Waals surface area contributed by atoms with E-state index in [2.05, 4.69) is 5.32 Å². The number of likely N-dealkylation sites (N-methyl/N-ethyl adjacent to an activating group) is 1. The molecule has 0 spiro atoms. The number of amides is 1. The van der Waals surface area contributed by atoms with E-state index in [4.69, 9.17) is 16.0 Å². The molecule has 1 aromatic carbocycles. The van der Waals surface area contributed by atoms with E-state index < -0.39 is 5.63 Å². The number of carbonyl (C=O) groups is 1. The van der Waals surface area contributed by atoms with Crippen molar-refractivity contribution in [2.75, 3.05) is 27.2 Å². The van der Waals surface area contributed by atoms with Crippen LogP contribution < -0.4 is 10.9 Å². The Hall–Kier alpha value is -2.05. The van der Waals surface area contributed by atoms with Gasteiger partial charge in [0, 0.05) is 30.6 Å². The number of nitrogens with zero attached hydrogens (tertiary/aromatic N) is 1. The third-order valence-electron chi connectivity index (χ3n) is 3.13. The predicted molar refractivity (Wildman–Crippen MR) is 84.4 cm³/mol. The maximum absolute atomic E-state index is 12.0. The molecule has 0 aliphatic heterocycles. The largest absolute Gasteiger partial charge is 0.506 e. The minimum Gasteiger partial charge on any atom is -0.506 e. The van der Waals surface area contributed by atoms with Crippen molar-refractivity contribution in [3.05, 3.63) is 39.2 Å². The van der Waals surface area contributed by atoms with Crippen LogP contribution >= 0.6 is 11.6 Å². The van der Waals surface area contributed by atoms with E-state index in [1.165, 1.54) is 18.2 Å². The predicted octanol–water partition coefficient (Wildman–Crippen LogP) is 1.37. The van der Waals surface area contributed by atoms with Gasteiger partial charge < -0.3 is 19.7 Å². The van der Waals surface area contributed by atoms with Crippen LogP contribution in [0.4, 0.5) is 0 Å². The topological polar surface area (TPSA) is 82.8 Å². The Morgan fingerprint density at radius 2 is 2.09 bits per heavy atom. The normalized spacial score (nSPS) is 11.1. The lowest BCUT2D eigenvalue weighted by molar-refractivity contribution is -0.120. The smallest absolute Gasteiger partial charge is 0.336 e. The molecular formula is C15H17ClN2O4. The maximum Gasteiger partial charge on any atom is 0.336 e. The lowest BCUT2D eigenvalue weighted by atomic mass is 10.1. The van der Waals surface area contributed by atoms with Crippen molar-refractivity contribution in [1.29, 1.82) is 0 Å². The molecule has 0 saturated heterocycles. The summed E-state index contributed by atoms with van der Waals surface area (Å²) < 4.78 is 5.02. The Morgan fingerprint density at radius 1 is 1.36 bits per heavy atom. The molecule has 0 atom stereocenters. The van der Waals surface area contributed by atoms with Gasteiger partial charge in [-0.2, -0.15) is 0 Å². The number of carbonyl (C=O) groups excluding carboxylic acids is 1. The van der Waals surface area contributed by atoms with Gasteiger partial charge in [0.05, 0.1) is 11.4 Å². The standard InChI is InChI=1S/C15H17ClN2O4/c1-18(2)4-3-17-14(20)5-9-6-15(21)22-13-8-12(19)11(16)7-10(9)13/h6-8,19H,3-5H2,1-2H3,(H,17,20). The van der Waals surface area contributed by atoms with Gasteiger partial charge in [-0.15, -0.1) is 0 Å². The zero-order valence-electron chi connectivity index (χ0n) is 12.4. The fourth-order valence-corrected chi connectivity index (χ4v) is 2.20. The summed E-state index contributed by atoms with van der Waals surface area (Å²) in [6.45, 7) is 1.25. The van der Waals surface area contributed by atoms with E-state index in [1.807, 2.05) is 19.0 Å². The molecule has 1 aromatic heterocycles. The fraction of sp³-hybridized carbons (Fsp3) is 0.333. The minimum absolute atomic E-state index is 0.0383. The highest BCUT2D eigenvalue weighted by Crippen LogP contribution is 2.30. The number of halogens is 1. The summed E-state index contributed by atoms with van der Waals surface area (Å²) in [7, 11) is 3.83. The SMILES string of the molecule is CN(C)CCNC(=O)Cc1cc(=O)oc2cc(O)c(Cl)cc12. The number of nitrogens with one attached hydrogen (secondary N) is 1. The number of rotatable bonds is 5. The summed E-state index contributed by atoms with van der Waals surface area (Å²) in [5, 5.41) is 13.0. The highest BCUT2D eigenvalue weighted by atomic mass is 35.5. The van der Waals surface area contributed by atoms with Crippen LogP contribution in [-0.4, -0.2) is 43.1 Å². The number of phenols is 1. The van der Waals surface area contributed by atoms with Crippen molar-refractivity contribution in [2.24, 2.45) is 0 Å². The minimum atomic E-state index is -0.578. The zero-order valence-corrected chi connectivity index (χ0v) is 13.1. The molecule has 0 radical (unpaired) electrons. The van der Waals surface area contributed by atoms with Gasteiger partial charge in [0.1, 0.15) is 11.3 Å². The fourth-order valence-electron chi connectivity index (χ4n) is 2.04. The van der Waals surface area contributed by atoms with E-state index in [0.29, 0.717) is 17.5 Å². The molecule has 0 aliphatic rings.